The Kier molecular flexibility index (Phi) is 5.77. The van der Waals surface area contributed by atoms with Crippen LogP contribution in [0.15, 0.2) is 78.9 Å². The predicted octanol–water partition coefficient (Wildman–Crippen LogP) is 6.27. The SMILES string of the molecule is COc1cccc(CCN2CCC(c3c(-c4ccccc4)[nH]c4ccccc34)CC2)c1. The largest absolute Gasteiger partial charge is 0.497 e. The van der Waals surface area contributed by atoms with E-state index >= 15 is 0 Å². The molecular weight excluding hydrogens is 380 g/mol. The number of nitrogens with zero attached hydrogens (tertiary/aromatic N) is 1. The number of ether oxygens (including phenoxy) is 1. The molecular formula is C28H30N2O. The van der Waals surface area contributed by atoms with Gasteiger partial charge in [-0.2, -0.15) is 0 Å². The third-order valence-electron chi connectivity index (χ3n) is 6.66. The maximum Gasteiger partial charge on any atom is 0.119 e. The fourth-order valence-corrected chi connectivity index (χ4v) is 4.98. The van der Waals surface area contributed by atoms with Crippen molar-refractivity contribution in [1.29, 1.82) is 0 Å². The molecule has 2 heterocycles. The second kappa shape index (κ2) is 8.99. The van der Waals surface area contributed by atoms with Crippen LogP contribution in [0, 0.1) is 0 Å². The highest BCUT2D eigenvalue weighted by Gasteiger charge is 2.26. The molecule has 158 valence electrons. The number of hydrogen-bond acceptors (Lipinski definition) is 2. The molecule has 0 radical (unpaired) electrons. The first-order valence-corrected chi connectivity index (χ1v) is 11.3. The van der Waals surface area contributed by atoms with Crippen molar-refractivity contribution in [3.8, 4) is 17.0 Å². The van der Waals surface area contributed by atoms with E-state index in [0.29, 0.717) is 5.92 Å². The minimum atomic E-state index is 0.597. The molecule has 1 N–H and O–H groups in total. The molecule has 3 heteroatoms. The number of aromatic amines is 1. The predicted molar refractivity (Wildman–Crippen MR) is 129 cm³/mol. The van der Waals surface area contributed by atoms with Gasteiger partial charge in [-0.05, 0) is 73.2 Å². The van der Waals surface area contributed by atoms with Crippen LogP contribution in [0.4, 0.5) is 0 Å². The molecule has 0 unspecified atom stereocenters. The molecule has 0 amide bonds. The van der Waals surface area contributed by atoms with Gasteiger partial charge in [0.25, 0.3) is 0 Å². The number of benzene rings is 3. The molecule has 3 nitrogen and oxygen atoms in total. The Labute approximate surface area is 184 Å². The average Bonchev–Trinajstić information content (AvgIpc) is 3.23. The minimum absolute atomic E-state index is 0.597. The molecule has 0 spiro atoms. The molecule has 4 aromatic rings. The normalized spacial score (nSPS) is 15.4. The van der Waals surface area contributed by atoms with Gasteiger partial charge in [0, 0.05) is 23.1 Å². The zero-order valence-corrected chi connectivity index (χ0v) is 18.2. The second-order valence-corrected chi connectivity index (χ2v) is 8.54. The number of likely N-dealkylation sites (tertiary alicyclic amines) is 1. The number of methoxy groups -OCH3 is 1. The van der Waals surface area contributed by atoms with Crippen LogP contribution in [0.5, 0.6) is 5.75 Å². The van der Waals surface area contributed by atoms with Crippen LogP contribution in [0.3, 0.4) is 0 Å². The number of para-hydroxylation sites is 1. The molecule has 1 saturated heterocycles. The highest BCUT2D eigenvalue weighted by atomic mass is 16.5. The van der Waals surface area contributed by atoms with Crippen LogP contribution >= 0.6 is 0 Å². The van der Waals surface area contributed by atoms with Gasteiger partial charge in [-0.15, -0.1) is 0 Å². The van der Waals surface area contributed by atoms with Crippen LogP contribution < -0.4 is 4.74 Å². The number of H-pyrrole nitrogens is 1. The lowest BCUT2D eigenvalue weighted by Gasteiger charge is -2.32. The number of fused-ring (bicyclic) bond motifs is 1. The summed E-state index contributed by atoms with van der Waals surface area (Å²) in [5.41, 5.74) is 6.70. The number of hydrogen-bond donors (Lipinski definition) is 1. The standard InChI is InChI=1S/C28H30N2O/c1-31-24-11-7-8-21(20-24)14-17-30-18-15-22(16-19-30)27-25-12-5-6-13-26(25)29-28(27)23-9-3-2-4-10-23/h2-13,20,22,29H,14-19H2,1H3. The first kappa shape index (κ1) is 19.9. The van der Waals surface area contributed by atoms with Crippen LogP contribution in [0.2, 0.25) is 0 Å². The summed E-state index contributed by atoms with van der Waals surface area (Å²) in [6.07, 6.45) is 3.49. The summed E-state index contributed by atoms with van der Waals surface area (Å²) in [6.45, 7) is 3.42. The van der Waals surface area contributed by atoms with Crippen molar-refractivity contribution < 1.29 is 4.74 Å². The van der Waals surface area contributed by atoms with E-state index in [1.165, 1.54) is 46.1 Å². The van der Waals surface area contributed by atoms with Gasteiger partial charge in [0.15, 0.2) is 0 Å². The molecule has 1 fully saturated rings. The highest BCUT2D eigenvalue weighted by molar-refractivity contribution is 5.91. The summed E-state index contributed by atoms with van der Waals surface area (Å²) < 4.78 is 5.37. The van der Waals surface area contributed by atoms with Gasteiger partial charge in [0.05, 0.1) is 7.11 Å². The lowest BCUT2D eigenvalue weighted by molar-refractivity contribution is 0.215. The summed E-state index contributed by atoms with van der Waals surface area (Å²) in [5.74, 6) is 1.54. The molecule has 3 aromatic carbocycles. The summed E-state index contributed by atoms with van der Waals surface area (Å²) >= 11 is 0. The Morgan fingerprint density at radius 3 is 2.48 bits per heavy atom. The molecule has 1 aromatic heterocycles. The topological polar surface area (TPSA) is 28.3 Å². The lowest BCUT2D eigenvalue weighted by Crippen LogP contribution is -2.34. The first-order chi connectivity index (χ1) is 15.3. The summed E-state index contributed by atoms with van der Waals surface area (Å²) in [5, 5.41) is 1.39. The average molecular weight is 411 g/mol. The number of piperidine rings is 1. The van der Waals surface area contributed by atoms with Gasteiger partial charge in [-0.3, -0.25) is 0 Å². The van der Waals surface area contributed by atoms with Crippen molar-refractivity contribution in [2.45, 2.75) is 25.2 Å². The molecule has 1 aliphatic rings. The molecule has 0 bridgehead atoms. The Morgan fingerprint density at radius 1 is 0.903 bits per heavy atom. The Balaban J connectivity index is 1.31. The van der Waals surface area contributed by atoms with Crippen molar-refractivity contribution in [2.75, 3.05) is 26.7 Å². The van der Waals surface area contributed by atoms with Crippen LogP contribution in [0.1, 0.15) is 29.9 Å². The Hall–Kier alpha value is -3.04. The van der Waals surface area contributed by atoms with E-state index in [-0.39, 0.29) is 0 Å². The smallest absolute Gasteiger partial charge is 0.119 e. The van der Waals surface area contributed by atoms with Gasteiger partial charge >= 0.3 is 0 Å². The third-order valence-corrected chi connectivity index (χ3v) is 6.66. The zero-order chi connectivity index (χ0) is 21.0. The molecule has 1 aliphatic heterocycles. The number of nitrogens with one attached hydrogen (secondary N) is 1. The quantitative estimate of drug-likeness (QED) is 0.406. The lowest BCUT2D eigenvalue weighted by atomic mass is 9.86. The molecule has 5 rings (SSSR count). The van der Waals surface area contributed by atoms with Crippen LogP contribution in [-0.4, -0.2) is 36.6 Å². The van der Waals surface area contributed by atoms with Gasteiger partial charge in [-0.1, -0.05) is 60.7 Å². The summed E-state index contributed by atoms with van der Waals surface area (Å²) in [4.78, 5) is 6.34. The van der Waals surface area contributed by atoms with E-state index in [1.807, 2.05) is 6.07 Å². The highest BCUT2D eigenvalue weighted by Crippen LogP contribution is 2.40. The Bertz CT molecular complexity index is 1140. The fourth-order valence-electron chi connectivity index (χ4n) is 4.98. The first-order valence-electron chi connectivity index (χ1n) is 11.3. The van der Waals surface area contributed by atoms with E-state index in [2.05, 4.69) is 82.7 Å². The van der Waals surface area contributed by atoms with E-state index in [9.17, 15) is 0 Å². The van der Waals surface area contributed by atoms with Crippen molar-refractivity contribution in [3.05, 3.63) is 90.0 Å². The van der Waals surface area contributed by atoms with Crippen LogP contribution in [-0.2, 0) is 6.42 Å². The van der Waals surface area contributed by atoms with E-state index in [0.717, 1.165) is 31.8 Å². The third kappa shape index (κ3) is 4.24. The van der Waals surface area contributed by atoms with Crippen LogP contribution in [0.25, 0.3) is 22.2 Å². The Morgan fingerprint density at radius 2 is 1.68 bits per heavy atom. The van der Waals surface area contributed by atoms with Gasteiger partial charge in [0.2, 0.25) is 0 Å². The maximum atomic E-state index is 5.37. The van der Waals surface area contributed by atoms with Gasteiger partial charge < -0.3 is 14.6 Å². The second-order valence-electron chi connectivity index (χ2n) is 8.54. The van der Waals surface area contributed by atoms with E-state index < -0.39 is 0 Å². The van der Waals surface area contributed by atoms with E-state index in [4.69, 9.17) is 4.74 Å². The van der Waals surface area contributed by atoms with Gasteiger partial charge in [-0.25, -0.2) is 0 Å². The summed E-state index contributed by atoms with van der Waals surface area (Å²) in [6, 6.07) is 28.0. The number of aromatic nitrogens is 1. The minimum Gasteiger partial charge on any atom is -0.497 e. The van der Waals surface area contributed by atoms with Gasteiger partial charge in [0.1, 0.15) is 5.75 Å². The van der Waals surface area contributed by atoms with E-state index in [1.54, 1.807) is 7.11 Å². The van der Waals surface area contributed by atoms with Crippen molar-refractivity contribution in [1.82, 2.24) is 9.88 Å². The summed E-state index contributed by atoms with van der Waals surface area (Å²) in [7, 11) is 1.73. The van der Waals surface area contributed by atoms with Crippen molar-refractivity contribution >= 4 is 10.9 Å². The number of rotatable bonds is 6. The molecule has 0 aliphatic carbocycles. The zero-order valence-electron chi connectivity index (χ0n) is 18.2. The van der Waals surface area contributed by atoms with Crippen molar-refractivity contribution in [2.24, 2.45) is 0 Å². The molecule has 31 heavy (non-hydrogen) atoms. The monoisotopic (exact) mass is 410 g/mol. The van der Waals surface area contributed by atoms with Crippen molar-refractivity contribution in [3.63, 3.8) is 0 Å². The molecule has 0 atom stereocenters. The maximum absolute atomic E-state index is 5.37. The fraction of sp³-hybridized carbons (Fsp3) is 0.286. The molecule has 0 saturated carbocycles.